The first-order chi connectivity index (χ1) is 9.54. The summed E-state index contributed by atoms with van der Waals surface area (Å²) in [5.74, 6) is 0.309. The van der Waals surface area contributed by atoms with Crippen LogP contribution in [0, 0.1) is 6.92 Å². The monoisotopic (exact) mass is 306 g/mol. The van der Waals surface area contributed by atoms with Gasteiger partial charge in [-0.05, 0) is 55.0 Å². The van der Waals surface area contributed by atoms with E-state index in [4.69, 9.17) is 17.3 Å². The normalized spacial score (nSPS) is 10.3. The summed E-state index contributed by atoms with van der Waals surface area (Å²) in [6.07, 6.45) is 0. The van der Waals surface area contributed by atoms with E-state index in [1.54, 1.807) is 6.07 Å². The van der Waals surface area contributed by atoms with Gasteiger partial charge in [-0.15, -0.1) is 11.8 Å². The molecule has 0 saturated heterocycles. The van der Waals surface area contributed by atoms with Gasteiger partial charge >= 0.3 is 0 Å². The molecule has 3 nitrogen and oxygen atoms in total. The van der Waals surface area contributed by atoms with Crippen LogP contribution in [0.25, 0.3) is 0 Å². The largest absolute Gasteiger partial charge is 0.399 e. The molecule has 0 atom stereocenters. The number of nitrogen functional groups attached to an aromatic ring is 1. The van der Waals surface area contributed by atoms with Crippen molar-refractivity contribution < 1.29 is 4.79 Å². The molecule has 0 radical (unpaired) electrons. The summed E-state index contributed by atoms with van der Waals surface area (Å²) in [7, 11) is 0. The van der Waals surface area contributed by atoms with Gasteiger partial charge in [0.25, 0.3) is 0 Å². The van der Waals surface area contributed by atoms with Crippen LogP contribution >= 0.6 is 23.4 Å². The number of hydrogen-bond acceptors (Lipinski definition) is 3. The smallest absolute Gasteiger partial charge is 0.234 e. The second kappa shape index (κ2) is 6.68. The van der Waals surface area contributed by atoms with E-state index in [0.29, 0.717) is 16.5 Å². The van der Waals surface area contributed by atoms with Gasteiger partial charge in [-0.2, -0.15) is 0 Å². The molecule has 20 heavy (non-hydrogen) atoms. The molecule has 0 aliphatic carbocycles. The Balaban J connectivity index is 1.90. The predicted octanol–water partition coefficient (Wildman–Crippen LogP) is 3.96. The molecular formula is C15H15ClN2OS. The Kier molecular flexibility index (Phi) is 4.93. The molecule has 2 aromatic carbocycles. The fraction of sp³-hybridized carbons (Fsp3) is 0.133. The van der Waals surface area contributed by atoms with Crippen LogP contribution in [0.2, 0.25) is 5.02 Å². The summed E-state index contributed by atoms with van der Waals surface area (Å²) >= 11 is 7.28. The van der Waals surface area contributed by atoms with E-state index < -0.39 is 0 Å². The molecule has 0 fully saturated rings. The third-order valence-electron chi connectivity index (χ3n) is 2.71. The number of amides is 1. The van der Waals surface area contributed by atoms with E-state index in [0.717, 1.165) is 16.1 Å². The van der Waals surface area contributed by atoms with Gasteiger partial charge in [0.2, 0.25) is 5.91 Å². The molecule has 0 saturated carbocycles. The first-order valence-corrected chi connectivity index (χ1v) is 7.45. The van der Waals surface area contributed by atoms with Crippen LogP contribution in [0.5, 0.6) is 0 Å². The van der Waals surface area contributed by atoms with Gasteiger partial charge in [0.05, 0.1) is 5.75 Å². The number of benzene rings is 2. The molecule has 104 valence electrons. The van der Waals surface area contributed by atoms with Crippen LogP contribution in [-0.2, 0) is 4.79 Å². The lowest BCUT2D eigenvalue weighted by Gasteiger charge is -2.09. The van der Waals surface area contributed by atoms with Crippen molar-refractivity contribution in [1.82, 2.24) is 0 Å². The summed E-state index contributed by atoms with van der Waals surface area (Å²) in [5.41, 5.74) is 8.11. The van der Waals surface area contributed by atoms with Crippen molar-refractivity contribution in [2.75, 3.05) is 16.8 Å². The maximum Gasteiger partial charge on any atom is 0.234 e. The third-order valence-corrected chi connectivity index (χ3v) is 3.97. The predicted molar refractivity (Wildman–Crippen MR) is 86.4 cm³/mol. The molecule has 1 amide bonds. The van der Waals surface area contributed by atoms with Crippen LogP contribution in [-0.4, -0.2) is 11.7 Å². The van der Waals surface area contributed by atoms with Gasteiger partial charge in [-0.25, -0.2) is 0 Å². The van der Waals surface area contributed by atoms with Crippen molar-refractivity contribution >= 4 is 40.6 Å². The molecule has 0 aliphatic heterocycles. The van der Waals surface area contributed by atoms with Crippen molar-refractivity contribution in [2.45, 2.75) is 11.8 Å². The number of carbonyl (C=O) groups is 1. The van der Waals surface area contributed by atoms with E-state index in [2.05, 4.69) is 5.32 Å². The number of halogens is 1. The van der Waals surface area contributed by atoms with Crippen molar-refractivity contribution in [3.05, 3.63) is 53.1 Å². The van der Waals surface area contributed by atoms with E-state index in [-0.39, 0.29) is 5.91 Å². The maximum atomic E-state index is 11.9. The molecule has 0 bridgehead atoms. The van der Waals surface area contributed by atoms with E-state index >= 15 is 0 Å². The number of anilines is 2. The third kappa shape index (κ3) is 4.18. The van der Waals surface area contributed by atoms with Crippen molar-refractivity contribution in [3.8, 4) is 0 Å². The Morgan fingerprint density at radius 3 is 2.60 bits per heavy atom. The highest BCUT2D eigenvalue weighted by Gasteiger charge is 2.06. The fourth-order valence-corrected chi connectivity index (χ4v) is 2.52. The second-order valence-electron chi connectivity index (χ2n) is 4.37. The first kappa shape index (κ1) is 14.8. The topological polar surface area (TPSA) is 55.1 Å². The molecule has 0 aliphatic rings. The lowest BCUT2D eigenvalue weighted by Crippen LogP contribution is -2.14. The zero-order chi connectivity index (χ0) is 14.5. The number of nitrogens with two attached hydrogens (primary N) is 1. The standard InChI is InChI=1S/C15H15ClN2OS/c1-10-8-12(17)4-7-14(10)18-15(19)9-20-13-5-2-11(16)3-6-13/h2-8H,9,17H2,1H3,(H,18,19). The lowest BCUT2D eigenvalue weighted by atomic mass is 10.2. The molecule has 0 heterocycles. The molecule has 0 aromatic heterocycles. The first-order valence-electron chi connectivity index (χ1n) is 6.09. The SMILES string of the molecule is Cc1cc(N)ccc1NC(=O)CSc1ccc(Cl)cc1. The van der Waals surface area contributed by atoms with Gasteiger partial charge in [-0.1, -0.05) is 11.6 Å². The Hall–Kier alpha value is -1.65. The minimum atomic E-state index is -0.0437. The summed E-state index contributed by atoms with van der Waals surface area (Å²) in [4.78, 5) is 12.9. The highest BCUT2D eigenvalue weighted by molar-refractivity contribution is 8.00. The van der Waals surface area contributed by atoms with Crippen molar-refractivity contribution in [3.63, 3.8) is 0 Å². The number of nitrogens with one attached hydrogen (secondary N) is 1. The minimum Gasteiger partial charge on any atom is -0.399 e. The van der Waals surface area contributed by atoms with Gasteiger partial charge in [0.15, 0.2) is 0 Å². The van der Waals surface area contributed by atoms with Gasteiger partial charge in [-0.3, -0.25) is 4.79 Å². The number of hydrogen-bond donors (Lipinski definition) is 2. The Morgan fingerprint density at radius 1 is 1.25 bits per heavy atom. The maximum absolute atomic E-state index is 11.9. The van der Waals surface area contributed by atoms with Crippen molar-refractivity contribution in [2.24, 2.45) is 0 Å². The van der Waals surface area contributed by atoms with Crippen molar-refractivity contribution in [1.29, 1.82) is 0 Å². The molecule has 0 unspecified atom stereocenters. The zero-order valence-electron chi connectivity index (χ0n) is 11.0. The molecule has 2 aromatic rings. The minimum absolute atomic E-state index is 0.0437. The second-order valence-corrected chi connectivity index (χ2v) is 5.85. The fourth-order valence-electron chi connectivity index (χ4n) is 1.69. The number of carbonyl (C=O) groups excluding carboxylic acids is 1. The van der Waals surface area contributed by atoms with Crippen LogP contribution in [0.4, 0.5) is 11.4 Å². The molecule has 2 rings (SSSR count). The molecular weight excluding hydrogens is 292 g/mol. The zero-order valence-corrected chi connectivity index (χ0v) is 12.6. The quantitative estimate of drug-likeness (QED) is 0.664. The van der Waals surface area contributed by atoms with Crippen LogP contribution < -0.4 is 11.1 Å². The number of aryl methyl sites for hydroxylation is 1. The van der Waals surface area contributed by atoms with E-state index in [9.17, 15) is 4.79 Å². The van der Waals surface area contributed by atoms with Gasteiger partial charge in [0, 0.05) is 21.3 Å². The van der Waals surface area contributed by atoms with Gasteiger partial charge < -0.3 is 11.1 Å². The van der Waals surface area contributed by atoms with Gasteiger partial charge in [0.1, 0.15) is 0 Å². The summed E-state index contributed by atoms with van der Waals surface area (Å²) < 4.78 is 0. The highest BCUT2D eigenvalue weighted by atomic mass is 35.5. The van der Waals surface area contributed by atoms with E-state index in [1.807, 2.05) is 43.3 Å². The summed E-state index contributed by atoms with van der Waals surface area (Å²) in [6, 6.07) is 12.8. The Morgan fingerprint density at radius 2 is 1.95 bits per heavy atom. The summed E-state index contributed by atoms with van der Waals surface area (Å²) in [6.45, 7) is 1.91. The molecule has 0 spiro atoms. The Labute approximate surface area is 127 Å². The van der Waals surface area contributed by atoms with Crippen LogP contribution in [0.3, 0.4) is 0 Å². The average molecular weight is 307 g/mol. The number of rotatable bonds is 4. The molecule has 3 N–H and O–H groups in total. The van der Waals surface area contributed by atoms with E-state index in [1.165, 1.54) is 11.8 Å². The molecule has 5 heteroatoms. The highest BCUT2D eigenvalue weighted by Crippen LogP contribution is 2.22. The Bertz CT molecular complexity index is 614. The van der Waals surface area contributed by atoms with Crippen LogP contribution in [0.15, 0.2) is 47.4 Å². The summed E-state index contributed by atoms with van der Waals surface area (Å²) in [5, 5.41) is 3.57. The number of thioether (sulfide) groups is 1. The lowest BCUT2D eigenvalue weighted by molar-refractivity contribution is -0.113. The average Bonchev–Trinajstić information content (AvgIpc) is 2.41. The van der Waals surface area contributed by atoms with Crippen LogP contribution in [0.1, 0.15) is 5.56 Å².